The summed E-state index contributed by atoms with van der Waals surface area (Å²) in [5.74, 6) is 0.673. The molecule has 0 fully saturated rings. The zero-order valence-corrected chi connectivity index (χ0v) is 14.3. The Hall–Kier alpha value is -1.30. The molecule has 0 saturated carbocycles. The zero-order chi connectivity index (χ0) is 15.2. The number of halogens is 1. The molecule has 120 valence electrons. The zero-order valence-electron chi connectivity index (χ0n) is 12.7. The summed E-state index contributed by atoms with van der Waals surface area (Å²) in [6.45, 7) is 6.94. The quantitative estimate of drug-likeness (QED) is 0.753. The molecule has 0 saturated heterocycles. The maximum absolute atomic E-state index is 12.2. The van der Waals surface area contributed by atoms with Gasteiger partial charge in [0, 0.05) is 17.7 Å². The van der Waals surface area contributed by atoms with Gasteiger partial charge < -0.3 is 9.32 Å². The maximum Gasteiger partial charge on any atom is 0.348 e. The van der Waals surface area contributed by atoms with Crippen molar-refractivity contribution in [3.05, 3.63) is 46.3 Å². The van der Waals surface area contributed by atoms with E-state index in [1.807, 2.05) is 12.1 Å². The second-order valence-electron chi connectivity index (χ2n) is 4.65. The van der Waals surface area contributed by atoms with Crippen LogP contribution in [-0.2, 0) is 0 Å². The molecular weight excluding hydrogens is 322 g/mol. The highest BCUT2D eigenvalue weighted by atomic mass is 35.5. The average Bonchev–Trinajstić information content (AvgIpc) is 2.50. The lowest BCUT2D eigenvalue weighted by Gasteiger charge is -2.16. The topological polar surface area (TPSA) is 50.5 Å². The van der Waals surface area contributed by atoms with Crippen molar-refractivity contribution in [3.63, 3.8) is 0 Å². The van der Waals surface area contributed by atoms with Gasteiger partial charge in [0.2, 0.25) is 5.12 Å². The van der Waals surface area contributed by atoms with Gasteiger partial charge in [-0.25, -0.2) is 4.79 Å². The molecule has 0 atom stereocenters. The fourth-order valence-electron chi connectivity index (χ4n) is 2.09. The standard InChI is InChI=1S/C16H19NO3S.ClH/c1-3-17(4-2)9-10-21-16(19)13-11-12-7-5-6-8-14(12)20-15(13)18;/h5-8,11H,3-4,9-10H2,1-2H3;1H. The Balaban J connectivity index is 0.00000242. The van der Waals surface area contributed by atoms with Crippen LogP contribution in [0.1, 0.15) is 24.2 Å². The molecule has 0 aliphatic carbocycles. The lowest BCUT2D eigenvalue weighted by molar-refractivity contribution is 0.108. The smallest absolute Gasteiger partial charge is 0.348 e. The van der Waals surface area contributed by atoms with Crippen LogP contribution in [0.5, 0.6) is 0 Å². The van der Waals surface area contributed by atoms with E-state index in [0.29, 0.717) is 11.3 Å². The molecule has 0 aliphatic heterocycles. The summed E-state index contributed by atoms with van der Waals surface area (Å²) >= 11 is 1.17. The largest absolute Gasteiger partial charge is 0.422 e. The molecule has 2 rings (SSSR count). The minimum absolute atomic E-state index is 0. The number of rotatable bonds is 6. The Morgan fingerprint density at radius 3 is 2.59 bits per heavy atom. The second-order valence-corrected chi connectivity index (χ2v) is 5.72. The SMILES string of the molecule is CCN(CC)CCSC(=O)c1cc2ccccc2oc1=O.Cl. The molecule has 2 aromatic rings. The minimum atomic E-state index is -0.561. The van der Waals surface area contributed by atoms with E-state index in [-0.39, 0.29) is 23.1 Å². The third-order valence-corrected chi connectivity index (χ3v) is 4.27. The molecule has 6 heteroatoms. The lowest BCUT2D eigenvalue weighted by Crippen LogP contribution is -2.26. The second kappa shape index (κ2) is 8.98. The third kappa shape index (κ3) is 4.60. The number of fused-ring (bicyclic) bond motifs is 1. The van der Waals surface area contributed by atoms with E-state index in [1.54, 1.807) is 18.2 Å². The van der Waals surface area contributed by atoms with Crippen LogP contribution in [0.2, 0.25) is 0 Å². The first-order valence-electron chi connectivity index (χ1n) is 7.08. The van der Waals surface area contributed by atoms with E-state index < -0.39 is 5.63 Å². The summed E-state index contributed by atoms with van der Waals surface area (Å²) in [6, 6.07) is 8.82. The van der Waals surface area contributed by atoms with Gasteiger partial charge in [-0.05, 0) is 25.2 Å². The number of thioether (sulfide) groups is 1. The number of hydrogen-bond donors (Lipinski definition) is 0. The molecule has 1 aromatic carbocycles. The summed E-state index contributed by atoms with van der Waals surface area (Å²) in [4.78, 5) is 26.3. The van der Waals surface area contributed by atoms with Crippen LogP contribution in [0.3, 0.4) is 0 Å². The number of hydrogen-bond acceptors (Lipinski definition) is 5. The maximum atomic E-state index is 12.2. The molecule has 1 aromatic heterocycles. The van der Waals surface area contributed by atoms with E-state index in [0.717, 1.165) is 25.0 Å². The van der Waals surface area contributed by atoms with Crippen LogP contribution >= 0.6 is 24.2 Å². The summed E-state index contributed by atoms with van der Waals surface area (Å²) in [7, 11) is 0. The third-order valence-electron chi connectivity index (χ3n) is 3.40. The Labute approximate surface area is 140 Å². The van der Waals surface area contributed by atoms with Crippen molar-refractivity contribution in [3.8, 4) is 0 Å². The summed E-state index contributed by atoms with van der Waals surface area (Å²) in [5, 5.41) is 0.548. The van der Waals surface area contributed by atoms with Gasteiger partial charge in [0.05, 0.1) is 0 Å². The molecule has 4 nitrogen and oxygen atoms in total. The highest BCUT2D eigenvalue weighted by Crippen LogP contribution is 2.16. The number of carbonyl (C=O) groups excluding carboxylic acids is 1. The molecular formula is C16H20ClNO3S. The summed E-state index contributed by atoms with van der Waals surface area (Å²) in [5.41, 5.74) is 0.0690. The fourth-order valence-corrected chi connectivity index (χ4v) is 2.92. The van der Waals surface area contributed by atoms with Crippen molar-refractivity contribution in [1.82, 2.24) is 4.90 Å². The van der Waals surface area contributed by atoms with Crippen molar-refractivity contribution in [2.45, 2.75) is 13.8 Å². The highest BCUT2D eigenvalue weighted by Gasteiger charge is 2.14. The van der Waals surface area contributed by atoms with E-state index in [2.05, 4.69) is 18.7 Å². The van der Waals surface area contributed by atoms with Crippen molar-refractivity contribution in [1.29, 1.82) is 0 Å². The molecule has 22 heavy (non-hydrogen) atoms. The average molecular weight is 342 g/mol. The first-order valence-corrected chi connectivity index (χ1v) is 8.06. The number of para-hydroxylation sites is 1. The van der Waals surface area contributed by atoms with Crippen LogP contribution in [0.4, 0.5) is 0 Å². The van der Waals surface area contributed by atoms with Crippen LogP contribution in [-0.4, -0.2) is 35.4 Å². The van der Waals surface area contributed by atoms with Gasteiger partial charge in [0.1, 0.15) is 11.1 Å². The molecule has 0 unspecified atom stereocenters. The molecule has 0 bridgehead atoms. The van der Waals surface area contributed by atoms with E-state index in [4.69, 9.17) is 4.42 Å². The Morgan fingerprint density at radius 2 is 1.91 bits per heavy atom. The van der Waals surface area contributed by atoms with Gasteiger partial charge in [-0.3, -0.25) is 4.79 Å². The molecule has 0 radical (unpaired) electrons. The lowest BCUT2D eigenvalue weighted by atomic mass is 10.2. The minimum Gasteiger partial charge on any atom is -0.422 e. The Morgan fingerprint density at radius 1 is 1.23 bits per heavy atom. The van der Waals surface area contributed by atoms with E-state index in [1.165, 1.54) is 11.8 Å². The summed E-state index contributed by atoms with van der Waals surface area (Å²) in [6.07, 6.45) is 0. The number of benzene rings is 1. The van der Waals surface area contributed by atoms with Gasteiger partial charge in [-0.2, -0.15) is 0 Å². The first-order chi connectivity index (χ1) is 10.2. The highest BCUT2D eigenvalue weighted by molar-refractivity contribution is 8.14. The predicted molar refractivity (Wildman–Crippen MR) is 94.3 cm³/mol. The summed E-state index contributed by atoms with van der Waals surface area (Å²) < 4.78 is 5.18. The van der Waals surface area contributed by atoms with Crippen molar-refractivity contribution in [2.24, 2.45) is 0 Å². The van der Waals surface area contributed by atoms with Crippen LogP contribution in [0, 0.1) is 0 Å². The fraction of sp³-hybridized carbons (Fsp3) is 0.375. The number of carbonyl (C=O) groups is 1. The molecule has 0 spiro atoms. The normalized spacial score (nSPS) is 10.7. The monoisotopic (exact) mass is 341 g/mol. The Kier molecular flexibility index (Phi) is 7.65. The molecule has 0 aliphatic rings. The molecule has 1 heterocycles. The molecule has 0 amide bonds. The van der Waals surface area contributed by atoms with Gasteiger partial charge >= 0.3 is 5.63 Å². The van der Waals surface area contributed by atoms with Crippen molar-refractivity contribution >= 4 is 40.3 Å². The number of nitrogens with zero attached hydrogens (tertiary/aromatic N) is 1. The van der Waals surface area contributed by atoms with Crippen molar-refractivity contribution in [2.75, 3.05) is 25.4 Å². The van der Waals surface area contributed by atoms with Gasteiger partial charge in [-0.1, -0.05) is 43.8 Å². The predicted octanol–water partition coefficient (Wildman–Crippen LogP) is 3.43. The van der Waals surface area contributed by atoms with Gasteiger partial charge in [0.15, 0.2) is 0 Å². The molecule has 0 N–H and O–H groups in total. The first kappa shape index (κ1) is 18.7. The van der Waals surface area contributed by atoms with E-state index >= 15 is 0 Å². The van der Waals surface area contributed by atoms with Gasteiger partial charge in [0.25, 0.3) is 0 Å². The van der Waals surface area contributed by atoms with Crippen LogP contribution in [0.25, 0.3) is 11.0 Å². The van der Waals surface area contributed by atoms with Crippen molar-refractivity contribution < 1.29 is 9.21 Å². The van der Waals surface area contributed by atoms with E-state index in [9.17, 15) is 9.59 Å². The Bertz CT molecular complexity index is 682. The van der Waals surface area contributed by atoms with Gasteiger partial charge in [-0.15, -0.1) is 12.4 Å². The van der Waals surface area contributed by atoms with Crippen LogP contribution < -0.4 is 5.63 Å². The van der Waals surface area contributed by atoms with Crippen LogP contribution in [0.15, 0.2) is 39.5 Å².